The number of nitrogens with two attached hydrogens (primary N) is 2. The summed E-state index contributed by atoms with van der Waals surface area (Å²) in [6, 6.07) is -1.18. The van der Waals surface area contributed by atoms with Gasteiger partial charge in [0.1, 0.15) is 11.7 Å². The Morgan fingerprint density at radius 3 is 2.82 bits per heavy atom. The first-order valence-corrected chi connectivity index (χ1v) is 5.52. The molecule has 0 radical (unpaired) electrons. The molecule has 2 unspecified atom stereocenters. The van der Waals surface area contributed by atoms with E-state index in [0.717, 1.165) is 5.69 Å². The molecule has 2 atom stereocenters. The van der Waals surface area contributed by atoms with Crippen molar-refractivity contribution in [3.05, 3.63) is 17.7 Å². The summed E-state index contributed by atoms with van der Waals surface area (Å²) in [5, 5.41) is 8.01. The predicted octanol–water partition coefficient (Wildman–Crippen LogP) is -1.20. The van der Waals surface area contributed by atoms with Gasteiger partial charge in [0.15, 0.2) is 5.78 Å². The lowest BCUT2D eigenvalue weighted by Crippen LogP contribution is -2.31. The van der Waals surface area contributed by atoms with Crippen LogP contribution >= 0.6 is 12.6 Å². The number of ketones is 1. The fourth-order valence-electron chi connectivity index (χ4n) is 1.26. The van der Waals surface area contributed by atoms with Crippen molar-refractivity contribution in [1.29, 1.82) is 0 Å². The number of aliphatic carboxylic acids is 1. The van der Waals surface area contributed by atoms with Gasteiger partial charge in [0, 0.05) is 12.2 Å². The fourth-order valence-corrected chi connectivity index (χ4v) is 1.41. The zero-order valence-corrected chi connectivity index (χ0v) is 9.85. The Bertz CT molecular complexity index is 420. The van der Waals surface area contributed by atoms with Crippen LogP contribution in [0.1, 0.15) is 16.2 Å². The van der Waals surface area contributed by atoms with Crippen LogP contribution in [-0.4, -0.2) is 44.7 Å². The van der Waals surface area contributed by atoms with Gasteiger partial charge < -0.3 is 21.6 Å². The molecule has 0 fully saturated rings. The van der Waals surface area contributed by atoms with Crippen molar-refractivity contribution in [1.82, 2.24) is 9.97 Å². The summed E-state index contributed by atoms with van der Waals surface area (Å²) in [6.45, 7) is 0. The molecule has 7 nitrogen and oxygen atoms in total. The predicted molar refractivity (Wildman–Crippen MR) is 64.1 cm³/mol. The second kappa shape index (κ2) is 5.80. The van der Waals surface area contributed by atoms with Crippen LogP contribution < -0.4 is 11.5 Å². The van der Waals surface area contributed by atoms with Crippen molar-refractivity contribution in [2.24, 2.45) is 11.5 Å². The molecule has 8 heteroatoms. The van der Waals surface area contributed by atoms with Crippen molar-refractivity contribution in [2.75, 3.05) is 5.75 Å². The van der Waals surface area contributed by atoms with Crippen LogP contribution in [0.2, 0.25) is 0 Å². The highest BCUT2D eigenvalue weighted by atomic mass is 32.1. The van der Waals surface area contributed by atoms with Gasteiger partial charge in [-0.15, -0.1) is 0 Å². The van der Waals surface area contributed by atoms with Crippen LogP contribution in [0.15, 0.2) is 6.33 Å². The summed E-state index contributed by atoms with van der Waals surface area (Å²) in [7, 11) is 0. The molecular formula is C9H14N4O3S. The second-order valence-electron chi connectivity index (χ2n) is 3.53. The molecule has 0 aliphatic heterocycles. The average molecular weight is 258 g/mol. The largest absolute Gasteiger partial charge is 0.480 e. The zero-order valence-electron chi connectivity index (χ0n) is 8.96. The Balaban J connectivity index is 0.000000185. The minimum absolute atomic E-state index is 0.0208. The van der Waals surface area contributed by atoms with Crippen molar-refractivity contribution < 1.29 is 14.7 Å². The first-order chi connectivity index (χ1) is 7.97. The number of nitrogens with zero attached hydrogens (tertiary/aromatic N) is 1. The Morgan fingerprint density at radius 1 is 1.76 bits per heavy atom. The van der Waals surface area contributed by atoms with Gasteiger partial charge in [-0.05, 0) is 0 Å². The number of carbonyl (C=O) groups is 2. The highest BCUT2D eigenvalue weighted by molar-refractivity contribution is 7.80. The number of imidazole rings is 1. The number of thiol groups is 1. The quantitative estimate of drug-likeness (QED) is 0.423. The van der Waals surface area contributed by atoms with Gasteiger partial charge in [-0.25, -0.2) is 4.98 Å². The lowest BCUT2D eigenvalue weighted by atomic mass is 10.2. The van der Waals surface area contributed by atoms with Gasteiger partial charge in [0.2, 0.25) is 0 Å². The molecule has 1 aliphatic rings. The molecule has 1 aromatic heterocycles. The van der Waals surface area contributed by atoms with Crippen molar-refractivity contribution >= 4 is 24.4 Å². The molecule has 94 valence electrons. The molecule has 17 heavy (non-hydrogen) atoms. The van der Waals surface area contributed by atoms with E-state index in [9.17, 15) is 9.59 Å². The van der Waals surface area contributed by atoms with E-state index >= 15 is 0 Å². The number of aromatic amines is 1. The molecule has 1 heterocycles. The van der Waals surface area contributed by atoms with E-state index in [4.69, 9.17) is 16.6 Å². The van der Waals surface area contributed by atoms with E-state index < -0.39 is 12.0 Å². The molecule has 0 spiro atoms. The number of carboxylic acid groups (broad SMARTS) is 1. The number of rotatable bonds is 2. The Kier molecular flexibility index (Phi) is 4.67. The summed E-state index contributed by atoms with van der Waals surface area (Å²) in [4.78, 5) is 27.5. The summed E-state index contributed by atoms with van der Waals surface area (Å²) in [6.07, 6.45) is 2.10. The standard InChI is InChI=1S/C6H7N3O.C3H7NO2S/c7-3-1-4-5(6(3)10)9-2-8-4;4-2(1-7)3(5)6/h2-3H,1,7H2,(H,8,9);2,7H,1,4H2,(H,5,6). The Labute approximate surface area is 103 Å². The molecule has 1 aliphatic carbocycles. The second-order valence-corrected chi connectivity index (χ2v) is 3.89. The number of aromatic nitrogens is 2. The molecule has 1 aromatic rings. The van der Waals surface area contributed by atoms with Crippen LogP contribution in [0.4, 0.5) is 0 Å². The molecule has 0 saturated carbocycles. The molecule has 2 rings (SSSR count). The maximum Gasteiger partial charge on any atom is 0.321 e. The van der Waals surface area contributed by atoms with Crippen LogP contribution in [0.5, 0.6) is 0 Å². The third kappa shape index (κ3) is 3.29. The van der Waals surface area contributed by atoms with Crippen molar-refractivity contribution in [3.8, 4) is 0 Å². The molecule has 6 N–H and O–H groups in total. The molecule has 0 aromatic carbocycles. The molecule has 0 saturated heterocycles. The number of carboxylic acids is 1. The van der Waals surface area contributed by atoms with E-state index in [1.165, 1.54) is 6.33 Å². The third-order valence-electron chi connectivity index (χ3n) is 2.23. The Hall–Kier alpha value is -1.38. The average Bonchev–Trinajstić information content (AvgIpc) is 2.84. The summed E-state index contributed by atoms with van der Waals surface area (Å²) >= 11 is 3.65. The number of H-pyrrole nitrogens is 1. The lowest BCUT2D eigenvalue weighted by Gasteiger charge is -1.96. The van der Waals surface area contributed by atoms with Crippen molar-refractivity contribution in [3.63, 3.8) is 0 Å². The highest BCUT2D eigenvalue weighted by Crippen LogP contribution is 2.15. The van der Waals surface area contributed by atoms with Gasteiger partial charge in [-0.3, -0.25) is 9.59 Å². The minimum atomic E-state index is -1.00. The number of nitrogens with one attached hydrogen (secondary N) is 1. The number of hydrogen-bond donors (Lipinski definition) is 5. The fraction of sp³-hybridized carbons (Fsp3) is 0.444. The third-order valence-corrected chi connectivity index (χ3v) is 2.62. The van der Waals surface area contributed by atoms with E-state index in [1.54, 1.807) is 0 Å². The topological polar surface area (TPSA) is 135 Å². The van der Waals surface area contributed by atoms with Crippen LogP contribution in [0.25, 0.3) is 0 Å². The smallest absolute Gasteiger partial charge is 0.321 e. The minimum Gasteiger partial charge on any atom is -0.480 e. The van der Waals surface area contributed by atoms with Crippen LogP contribution in [0.3, 0.4) is 0 Å². The number of hydrogen-bond acceptors (Lipinski definition) is 6. The van der Waals surface area contributed by atoms with E-state index in [0.29, 0.717) is 12.1 Å². The van der Waals surface area contributed by atoms with Gasteiger partial charge in [-0.1, -0.05) is 0 Å². The first-order valence-electron chi connectivity index (χ1n) is 4.88. The van der Waals surface area contributed by atoms with Crippen LogP contribution in [0, 0.1) is 0 Å². The first kappa shape index (κ1) is 13.7. The zero-order chi connectivity index (χ0) is 13.0. The molecular weight excluding hydrogens is 244 g/mol. The highest BCUT2D eigenvalue weighted by Gasteiger charge is 2.29. The van der Waals surface area contributed by atoms with Gasteiger partial charge >= 0.3 is 5.97 Å². The summed E-state index contributed by atoms with van der Waals surface area (Å²) < 4.78 is 0. The molecule has 0 amide bonds. The number of Topliss-reactive ketones (excluding diaryl/α,β-unsaturated/α-hetero) is 1. The maximum absolute atomic E-state index is 11.1. The summed E-state index contributed by atoms with van der Waals surface area (Å²) in [5.74, 6) is -0.836. The van der Waals surface area contributed by atoms with Gasteiger partial charge in [0.25, 0.3) is 0 Å². The van der Waals surface area contributed by atoms with Crippen LogP contribution in [-0.2, 0) is 11.2 Å². The number of fused-ring (bicyclic) bond motifs is 1. The van der Waals surface area contributed by atoms with Gasteiger partial charge in [0.05, 0.1) is 18.1 Å². The van der Waals surface area contributed by atoms with E-state index in [-0.39, 0.29) is 17.6 Å². The maximum atomic E-state index is 11.1. The van der Waals surface area contributed by atoms with Gasteiger partial charge in [-0.2, -0.15) is 12.6 Å². The lowest BCUT2D eigenvalue weighted by molar-refractivity contribution is -0.137. The van der Waals surface area contributed by atoms with E-state index in [2.05, 4.69) is 22.6 Å². The molecule has 0 bridgehead atoms. The van der Waals surface area contributed by atoms with Crippen molar-refractivity contribution in [2.45, 2.75) is 18.5 Å². The Morgan fingerprint density at radius 2 is 2.41 bits per heavy atom. The monoisotopic (exact) mass is 258 g/mol. The van der Waals surface area contributed by atoms with E-state index in [1.807, 2.05) is 0 Å². The summed E-state index contributed by atoms with van der Waals surface area (Å²) in [5.41, 5.74) is 11.8. The SMILES string of the molecule is NC(CS)C(=O)O.NC1Cc2nc[nH]c2C1=O. The number of carbonyl (C=O) groups excluding carboxylic acids is 1. The normalized spacial score (nSPS) is 19.2.